The normalized spacial score (nSPS) is 20.6. The van der Waals surface area contributed by atoms with Gasteiger partial charge in [-0.15, -0.1) is 0 Å². The van der Waals surface area contributed by atoms with Gasteiger partial charge in [0.15, 0.2) is 9.84 Å². The second kappa shape index (κ2) is 7.06. The van der Waals surface area contributed by atoms with Gasteiger partial charge in [0.1, 0.15) is 0 Å². The molecular formula is C13H24N2O4S. The molecule has 1 saturated heterocycles. The van der Waals surface area contributed by atoms with E-state index in [1.807, 2.05) is 6.92 Å². The van der Waals surface area contributed by atoms with Crippen LogP contribution in [0.1, 0.15) is 33.1 Å². The molecule has 0 bridgehead atoms. The van der Waals surface area contributed by atoms with E-state index >= 15 is 0 Å². The minimum absolute atomic E-state index is 0.0363. The number of carbonyl (C=O) groups is 2. The maximum atomic E-state index is 12.1. The van der Waals surface area contributed by atoms with E-state index in [0.29, 0.717) is 19.5 Å². The average Bonchev–Trinajstić information content (AvgIpc) is 2.73. The van der Waals surface area contributed by atoms with E-state index in [1.54, 1.807) is 11.9 Å². The van der Waals surface area contributed by atoms with Gasteiger partial charge in [-0.2, -0.15) is 0 Å². The molecule has 0 aromatic carbocycles. The Morgan fingerprint density at radius 3 is 2.35 bits per heavy atom. The molecule has 2 amide bonds. The molecule has 0 saturated carbocycles. The number of nitrogens with zero attached hydrogens (tertiary/aromatic N) is 2. The first-order chi connectivity index (χ1) is 9.26. The standard InChI is InChI=1S/C13H24N2O4S/c1-4-7-15(11(2)16)8-5-13(17)14(3)12-6-9-20(18,19)10-12/h12H,4-10H2,1-3H3. The maximum absolute atomic E-state index is 12.1. The fourth-order valence-corrected chi connectivity index (χ4v) is 4.16. The van der Waals surface area contributed by atoms with Crippen molar-refractivity contribution in [2.24, 2.45) is 0 Å². The molecule has 1 heterocycles. The predicted octanol–water partition coefficient (Wildman–Crippen LogP) is 0.281. The van der Waals surface area contributed by atoms with Gasteiger partial charge < -0.3 is 9.80 Å². The van der Waals surface area contributed by atoms with Gasteiger partial charge in [-0.3, -0.25) is 9.59 Å². The van der Waals surface area contributed by atoms with E-state index in [4.69, 9.17) is 0 Å². The van der Waals surface area contributed by atoms with Gasteiger partial charge in [-0.25, -0.2) is 8.42 Å². The van der Waals surface area contributed by atoms with Gasteiger partial charge in [-0.05, 0) is 12.8 Å². The van der Waals surface area contributed by atoms with Crippen LogP contribution in [0.5, 0.6) is 0 Å². The summed E-state index contributed by atoms with van der Waals surface area (Å²) in [6, 6.07) is -0.218. The Balaban J connectivity index is 2.48. The fourth-order valence-electron chi connectivity index (χ4n) is 2.39. The lowest BCUT2D eigenvalue weighted by molar-refractivity contribution is -0.133. The van der Waals surface area contributed by atoms with Crippen LogP contribution in [0, 0.1) is 0 Å². The number of hydrogen-bond acceptors (Lipinski definition) is 4. The lowest BCUT2D eigenvalue weighted by Gasteiger charge is -2.25. The zero-order chi connectivity index (χ0) is 15.3. The zero-order valence-corrected chi connectivity index (χ0v) is 13.3. The van der Waals surface area contributed by atoms with Crippen molar-refractivity contribution in [2.75, 3.05) is 31.6 Å². The first-order valence-corrected chi connectivity index (χ1v) is 8.80. The Kier molecular flexibility index (Phi) is 5.98. The molecule has 1 unspecified atom stereocenters. The van der Waals surface area contributed by atoms with Crippen LogP contribution in [0.25, 0.3) is 0 Å². The predicted molar refractivity (Wildman–Crippen MR) is 77.0 cm³/mol. The van der Waals surface area contributed by atoms with Crippen molar-refractivity contribution in [1.29, 1.82) is 0 Å². The highest BCUT2D eigenvalue weighted by molar-refractivity contribution is 7.91. The molecule has 0 aromatic rings. The van der Waals surface area contributed by atoms with Crippen LogP contribution in [-0.2, 0) is 19.4 Å². The van der Waals surface area contributed by atoms with E-state index in [9.17, 15) is 18.0 Å². The highest BCUT2D eigenvalue weighted by Gasteiger charge is 2.32. The van der Waals surface area contributed by atoms with Crippen molar-refractivity contribution in [2.45, 2.75) is 39.2 Å². The molecule has 1 fully saturated rings. The smallest absolute Gasteiger partial charge is 0.224 e. The summed E-state index contributed by atoms with van der Waals surface area (Å²) in [5, 5.41) is 0. The highest BCUT2D eigenvalue weighted by Crippen LogP contribution is 2.17. The molecule has 0 N–H and O–H groups in total. The van der Waals surface area contributed by atoms with Gasteiger partial charge in [0.25, 0.3) is 0 Å². The summed E-state index contributed by atoms with van der Waals surface area (Å²) in [5.41, 5.74) is 0. The summed E-state index contributed by atoms with van der Waals surface area (Å²) in [5.74, 6) is 0.0749. The second-order valence-corrected chi connectivity index (χ2v) is 7.55. The Labute approximate surface area is 121 Å². The number of sulfone groups is 1. The van der Waals surface area contributed by atoms with E-state index in [2.05, 4.69) is 0 Å². The Bertz CT molecular complexity index is 461. The highest BCUT2D eigenvalue weighted by atomic mass is 32.2. The number of amides is 2. The van der Waals surface area contributed by atoms with Crippen LogP contribution in [0.2, 0.25) is 0 Å². The average molecular weight is 304 g/mol. The monoisotopic (exact) mass is 304 g/mol. The van der Waals surface area contributed by atoms with Crippen LogP contribution in [-0.4, -0.2) is 67.7 Å². The number of carbonyl (C=O) groups excluding carboxylic acids is 2. The van der Waals surface area contributed by atoms with Crippen molar-refractivity contribution in [3.8, 4) is 0 Å². The fraction of sp³-hybridized carbons (Fsp3) is 0.846. The van der Waals surface area contributed by atoms with Crippen LogP contribution in [0.3, 0.4) is 0 Å². The Hall–Kier alpha value is -1.11. The van der Waals surface area contributed by atoms with Crippen LogP contribution in [0.4, 0.5) is 0 Å². The molecule has 1 aliphatic heterocycles. The minimum atomic E-state index is -2.99. The van der Waals surface area contributed by atoms with Gasteiger partial charge >= 0.3 is 0 Å². The van der Waals surface area contributed by atoms with Crippen molar-refractivity contribution >= 4 is 21.7 Å². The van der Waals surface area contributed by atoms with E-state index in [-0.39, 0.29) is 35.8 Å². The molecule has 0 spiro atoms. The Morgan fingerprint density at radius 2 is 1.90 bits per heavy atom. The maximum Gasteiger partial charge on any atom is 0.224 e. The van der Waals surface area contributed by atoms with Crippen LogP contribution in [0.15, 0.2) is 0 Å². The number of rotatable bonds is 6. The van der Waals surface area contributed by atoms with Crippen LogP contribution < -0.4 is 0 Å². The summed E-state index contributed by atoms with van der Waals surface area (Å²) >= 11 is 0. The molecule has 7 heteroatoms. The summed E-state index contributed by atoms with van der Waals surface area (Å²) in [4.78, 5) is 26.6. The third-order valence-corrected chi connectivity index (χ3v) is 5.43. The van der Waals surface area contributed by atoms with Crippen molar-refractivity contribution in [1.82, 2.24) is 9.80 Å². The van der Waals surface area contributed by atoms with Crippen molar-refractivity contribution < 1.29 is 18.0 Å². The molecule has 0 aliphatic carbocycles. The van der Waals surface area contributed by atoms with E-state index < -0.39 is 9.84 Å². The summed E-state index contributed by atoms with van der Waals surface area (Å²) in [7, 11) is -1.34. The van der Waals surface area contributed by atoms with Gasteiger partial charge in [0.2, 0.25) is 11.8 Å². The second-order valence-electron chi connectivity index (χ2n) is 5.32. The first kappa shape index (κ1) is 16.9. The van der Waals surface area contributed by atoms with Crippen molar-refractivity contribution in [3.05, 3.63) is 0 Å². The summed E-state index contributed by atoms with van der Waals surface area (Å²) in [6.07, 6.45) is 1.60. The minimum Gasteiger partial charge on any atom is -0.342 e. The molecule has 0 radical (unpaired) electrons. The third-order valence-electron chi connectivity index (χ3n) is 3.68. The SMILES string of the molecule is CCCN(CCC(=O)N(C)C1CCS(=O)(=O)C1)C(C)=O. The van der Waals surface area contributed by atoms with Gasteiger partial charge in [-0.1, -0.05) is 6.92 Å². The summed E-state index contributed by atoms with van der Waals surface area (Å²) in [6.45, 7) is 4.51. The van der Waals surface area contributed by atoms with E-state index in [1.165, 1.54) is 11.8 Å². The van der Waals surface area contributed by atoms with E-state index in [0.717, 1.165) is 6.42 Å². The topological polar surface area (TPSA) is 74.8 Å². The summed E-state index contributed by atoms with van der Waals surface area (Å²) < 4.78 is 22.8. The van der Waals surface area contributed by atoms with Gasteiger partial charge in [0.05, 0.1) is 11.5 Å². The quantitative estimate of drug-likeness (QED) is 0.706. The largest absolute Gasteiger partial charge is 0.342 e. The zero-order valence-electron chi connectivity index (χ0n) is 12.5. The number of hydrogen-bond donors (Lipinski definition) is 0. The van der Waals surface area contributed by atoms with Crippen molar-refractivity contribution in [3.63, 3.8) is 0 Å². The molecule has 6 nitrogen and oxygen atoms in total. The molecule has 1 atom stereocenters. The van der Waals surface area contributed by atoms with Crippen LogP contribution >= 0.6 is 0 Å². The first-order valence-electron chi connectivity index (χ1n) is 6.98. The van der Waals surface area contributed by atoms with Gasteiger partial charge in [0, 0.05) is 39.5 Å². The molecule has 1 aliphatic rings. The Morgan fingerprint density at radius 1 is 1.25 bits per heavy atom. The molecular weight excluding hydrogens is 280 g/mol. The lowest BCUT2D eigenvalue weighted by atomic mass is 10.2. The molecule has 20 heavy (non-hydrogen) atoms. The molecule has 116 valence electrons. The molecule has 1 rings (SSSR count). The third kappa shape index (κ3) is 4.77. The molecule has 0 aromatic heterocycles. The lowest BCUT2D eigenvalue weighted by Crippen LogP contribution is -2.40.